The van der Waals surface area contributed by atoms with Crippen molar-refractivity contribution >= 4 is 29.9 Å². The summed E-state index contributed by atoms with van der Waals surface area (Å²) in [5.74, 6) is 1.03. The summed E-state index contributed by atoms with van der Waals surface area (Å²) in [6, 6.07) is 9.58. The van der Waals surface area contributed by atoms with Gasteiger partial charge in [-0.2, -0.15) is 0 Å². The number of hydrogen-bond acceptors (Lipinski definition) is 4. The first-order valence-electron chi connectivity index (χ1n) is 9.00. The number of aliphatic imine (C=N–C) groups is 1. The van der Waals surface area contributed by atoms with Crippen molar-refractivity contribution in [3.05, 3.63) is 35.4 Å². The normalized spacial score (nSPS) is 18.5. The van der Waals surface area contributed by atoms with E-state index in [4.69, 9.17) is 0 Å². The molecule has 1 aliphatic heterocycles. The molecule has 4 nitrogen and oxygen atoms in total. The summed E-state index contributed by atoms with van der Waals surface area (Å²) in [6.07, 6.45) is 6.92. The molecule has 1 fully saturated rings. The first kappa shape index (κ1) is 19.5. The van der Waals surface area contributed by atoms with Crippen molar-refractivity contribution in [1.82, 2.24) is 15.1 Å². The number of benzene rings is 1. The predicted octanol–water partition coefficient (Wildman–Crippen LogP) is 3.46. The van der Waals surface area contributed by atoms with Gasteiger partial charge in [0.2, 0.25) is 0 Å². The van der Waals surface area contributed by atoms with Crippen molar-refractivity contribution in [1.29, 1.82) is 0 Å². The summed E-state index contributed by atoms with van der Waals surface area (Å²) < 4.78 is 0. The summed E-state index contributed by atoms with van der Waals surface area (Å²) in [6.45, 7) is 3.84. The molecule has 5 heteroatoms. The lowest BCUT2D eigenvalue weighted by Gasteiger charge is -2.31. The van der Waals surface area contributed by atoms with E-state index in [0.29, 0.717) is 0 Å². The van der Waals surface area contributed by atoms with Crippen LogP contribution >= 0.6 is 24.0 Å². The fraction of sp³-hybridized carbons (Fsp3) is 0.632. The van der Waals surface area contributed by atoms with Gasteiger partial charge < -0.3 is 10.2 Å². The molecule has 0 unspecified atom stereocenters. The van der Waals surface area contributed by atoms with Crippen molar-refractivity contribution in [2.24, 2.45) is 4.99 Å². The molecule has 0 spiro atoms. The van der Waals surface area contributed by atoms with Crippen molar-refractivity contribution in [2.75, 3.05) is 27.2 Å². The van der Waals surface area contributed by atoms with Crippen molar-refractivity contribution < 1.29 is 0 Å². The van der Waals surface area contributed by atoms with Crippen LogP contribution in [0.4, 0.5) is 0 Å². The molecule has 3 rings (SSSR count). The number of likely N-dealkylation sites (N-methyl/N-ethyl adjacent to an activating group) is 1. The number of nitrogens with zero attached hydrogens (tertiary/aromatic N) is 3. The quantitative estimate of drug-likeness (QED) is 0.709. The zero-order chi connectivity index (χ0) is 16.1. The Morgan fingerprint density at radius 3 is 2.54 bits per heavy atom. The third kappa shape index (κ3) is 5.09. The van der Waals surface area contributed by atoms with Crippen LogP contribution in [-0.4, -0.2) is 49.0 Å². The highest BCUT2D eigenvalue weighted by Crippen LogP contribution is 2.23. The Labute approximate surface area is 163 Å². The van der Waals surface area contributed by atoms with Crippen molar-refractivity contribution in [2.45, 2.75) is 51.2 Å². The predicted molar refractivity (Wildman–Crippen MR) is 112 cm³/mol. The van der Waals surface area contributed by atoms with Gasteiger partial charge in [-0.25, -0.2) is 0 Å². The van der Waals surface area contributed by atoms with E-state index in [-0.39, 0.29) is 24.0 Å². The van der Waals surface area contributed by atoms with Crippen LogP contribution in [0.15, 0.2) is 29.3 Å². The number of nitrogens with one attached hydrogen (secondary N) is 1. The van der Waals surface area contributed by atoms with Gasteiger partial charge in [0.1, 0.15) is 0 Å². The van der Waals surface area contributed by atoms with Crippen LogP contribution < -0.4 is 5.32 Å². The lowest BCUT2D eigenvalue weighted by Crippen LogP contribution is -2.36. The smallest absolute Gasteiger partial charge is 0.194 e. The maximum absolute atomic E-state index is 4.52. The van der Waals surface area contributed by atoms with Gasteiger partial charge in [0.25, 0.3) is 0 Å². The Bertz CT molecular complexity index is 540. The summed E-state index contributed by atoms with van der Waals surface area (Å²) in [5, 5.41) is 3.50. The second kappa shape index (κ2) is 9.61. The van der Waals surface area contributed by atoms with E-state index in [2.05, 4.69) is 58.5 Å². The standard InChI is InChI=1S/C19H30N4.HI/c1-22-13-12-20-19(22)21-14-16-8-6-7-9-17(16)15-23(2)18-10-4-3-5-11-18;/h6-9,18H,3-5,10-15H2,1-2H3,(H,20,21);1H. The van der Waals surface area contributed by atoms with E-state index in [1.54, 1.807) is 0 Å². The molecule has 1 aliphatic carbocycles. The summed E-state index contributed by atoms with van der Waals surface area (Å²) in [5.41, 5.74) is 2.83. The molecular weight excluding hydrogens is 411 g/mol. The number of hydrogen-bond donors (Lipinski definition) is 1. The second-order valence-electron chi connectivity index (χ2n) is 6.96. The van der Waals surface area contributed by atoms with Gasteiger partial charge in [-0.05, 0) is 31.0 Å². The van der Waals surface area contributed by atoms with Crippen LogP contribution in [0.5, 0.6) is 0 Å². The van der Waals surface area contributed by atoms with Gasteiger partial charge in [0, 0.05) is 32.7 Å². The monoisotopic (exact) mass is 442 g/mol. The number of rotatable bonds is 5. The minimum Gasteiger partial charge on any atom is -0.352 e. The van der Waals surface area contributed by atoms with E-state index in [0.717, 1.165) is 38.2 Å². The largest absolute Gasteiger partial charge is 0.352 e. The van der Waals surface area contributed by atoms with Crippen LogP contribution in [0.25, 0.3) is 0 Å². The van der Waals surface area contributed by atoms with E-state index < -0.39 is 0 Å². The average Bonchev–Trinajstić information content (AvgIpc) is 3.00. The van der Waals surface area contributed by atoms with E-state index in [1.807, 2.05) is 0 Å². The van der Waals surface area contributed by atoms with E-state index in [9.17, 15) is 0 Å². The van der Waals surface area contributed by atoms with E-state index >= 15 is 0 Å². The Morgan fingerprint density at radius 1 is 1.17 bits per heavy atom. The van der Waals surface area contributed by atoms with Gasteiger partial charge in [-0.1, -0.05) is 43.5 Å². The van der Waals surface area contributed by atoms with Gasteiger partial charge in [-0.15, -0.1) is 24.0 Å². The first-order chi connectivity index (χ1) is 11.2. The molecule has 0 amide bonds. The SMILES string of the molecule is CN1CCN=C1NCc1ccccc1CN(C)C1CCCCC1.I. The van der Waals surface area contributed by atoms with Crippen LogP contribution in [0.2, 0.25) is 0 Å². The van der Waals surface area contributed by atoms with E-state index in [1.165, 1.54) is 43.2 Å². The fourth-order valence-corrected chi connectivity index (χ4v) is 3.70. The highest BCUT2D eigenvalue weighted by atomic mass is 127. The molecule has 0 saturated heterocycles. The molecule has 24 heavy (non-hydrogen) atoms. The maximum atomic E-state index is 4.52. The van der Waals surface area contributed by atoms with Crippen molar-refractivity contribution in [3.63, 3.8) is 0 Å². The summed E-state index contributed by atoms with van der Waals surface area (Å²) in [7, 11) is 4.39. The molecular formula is C19H31IN4. The number of guanidine groups is 1. The fourth-order valence-electron chi connectivity index (χ4n) is 3.70. The van der Waals surface area contributed by atoms with Crippen molar-refractivity contribution in [3.8, 4) is 0 Å². The Balaban J connectivity index is 0.00000208. The lowest BCUT2D eigenvalue weighted by atomic mass is 9.94. The molecule has 2 aliphatic rings. The molecule has 0 bridgehead atoms. The number of halogens is 1. The maximum Gasteiger partial charge on any atom is 0.194 e. The molecule has 1 saturated carbocycles. The van der Waals surface area contributed by atoms with Crippen LogP contribution in [0, 0.1) is 0 Å². The molecule has 0 aromatic heterocycles. The van der Waals surface area contributed by atoms with Gasteiger partial charge >= 0.3 is 0 Å². The Hall–Kier alpha value is -0.820. The van der Waals surface area contributed by atoms with Crippen LogP contribution in [0.1, 0.15) is 43.2 Å². The topological polar surface area (TPSA) is 30.9 Å². The highest BCUT2D eigenvalue weighted by molar-refractivity contribution is 14.0. The molecule has 1 aromatic carbocycles. The molecule has 1 N–H and O–H groups in total. The Kier molecular flexibility index (Phi) is 7.81. The van der Waals surface area contributed by atoms with Gasteiger partial charge in [-0.3, -0.25) is 9.89 Å². The molecule has 1 heterocycles. The minimum absolute atomic E-state index is 0. The third-order valence-electron chi connectivity index (χ3n) is 5.23. The van der Waals surface area contributed by atoms with Gasteiger partial charge in [0.15, 0.2) is 5.96 Å². The lowest BCUT2D eigenvalue weighted by molar-refractivity contribution is 0.184. The third-order valence-corrected chi connectivity index (χ3v) is 5.23. The summed E-state index contributed by atoms with van der Waals surface area (Å²) >= 11 is 0. The summed E-state index contributed by atoms with van der Waals surface area (Å²) in [4.78, 5) is 9.26. The molecule has 134 valence electrons. The zero-order valence-electron chi connectivity index (χ0n) is 15.0. The average molecular weight is 442 g/mol. The molecule has 0 atom stereocenters. The molecule has 1 aromatic rings. The minimum atomic E-state index is 0. The second-order valence-corrected chi connectivity index (χ2v) is 6.96. The first-order valence-corrected chi connectivity index (χ1v) is 9.00. The van der Waals surface area contributed by atoms with Crippen LogP contribution in [0.3, 0.4) is 0 Å². The highest BCUT2D eigenvalue weighted by Gasteiger charge is 2.19. The zero-order valence-corrected chi connectivity index (χ0v) is 17.3. The van der Waals surface area contributed by atoms with Crippen LogP contribution in [-0.2, 0) is 13.1 Å². The van der Waals surface area contributed by atoms with Gasteiger partial charge in [0.05, 0.1) is 6.54 Å². The molecule has 0 radical (unpaired) electrons. The Morgan fingerprint density at radius 2 is 1.88 bits per heavy atom.